The van der Waals surface area contributed by atoms with E-state index < -0.39 is 24.2 Å². The van der Waals surface area contributed by atoms with E-state index in [1.54, 1.807) is 0 Å². The third-order valence-corrected chi connectivity index (χ3v) is 9.70. The summed E-state index contributed by atoms with van der Waals surface area (Å²) in [6, 6.07) is 0. The number of alkyl halides is 2. The third-order valence-electron chi connectivity index (χ3n) is 9.70. The van der Waals surface area contributed by atoms with Crippen LogP contribution in [0.15, 0.2) is 35.5 Å². The molecule has 6 heteroatoms. The van der Waals surface area contributed by atoms with Gasteiger partial charge in [-0.05, 0) is 86.5 Å². The van der Waals surface area contributed by atoms with Gasteiger partial charge in [-0.15, -0.1) is 0 Å². The van der Waals surface area contributed by atoms with Crippen LogP contribution in [0.25, 0.3) is 0 Å². The van der Waals surface area contributed by atoms with Gasteiger partial charge in [0.25, 0.3) is 6.43 Å². The lowest BCUT2D eigenvalue weighted by molar-refractivity contribution is -0.128. The van der Waals surface area contributed by atoms with Gasteiger partial charge in [0.05, 0.1) is 12.2 Å². The molecule has 4 fully saturated rings. The highest BCUT2D eigenvalue weighted by molar-refractivity contribution is 5.29. The van der Waals surface area contributed by atoms with Crippen LogP contribution in [0.1, 0.15) is 71.6 Å². The van der Waals surface area contributed by atoms with Gasteiger partial charge in [-0.3, -0.25) is 0 Å². The summed E-state index contributed by atoms with van der Waals surface area (Å²) in [4.78, 5) is 2.27. The first-order valence-corrected chi connectivity index (χ1v) is 13.2. The number of piperidine rings is 1. The fraction of sp³-hybridized carbons (Fsp3) is 0.786. The van der Waals surface area contributed by atoms with Gasteiger partial charge in [-0.2, -0.15) is 0 Å². The molecule has 6 atom stereocenters. The van der Waals surface area contributed by atoms with Crippen molar-refractivity contribution in [3.8, 4) is 0 Å². The van der Waals surface area contributed by atoms with Crippen molar-refractivity contribution < 1.29 is 24.1 Å². The van der Waals surface area contributed by atoms with E-state index in [-0.39, 0.29) is 18.3 Å². The summed E-state index contributed by atoms with van der Waals surface area (Å²) in [6.07, 6.45) is 7.74. The lowest BCUT2D eigenvalue weighted by Gasteiger charge is -2.46. The van der Waals surface area contributed by atoms with Crippen molar-refractivity contribution in [1.82, 2.24) is 4.90 Å². The second-order valence-corrected chi connectivity index (χ2v) is 11.9. The molecule has 1 saturated heterocycles. The highest BCUT2D eigenvalue weighted by Gasteiger charge is 2.51. The number of hydrogen-bond acceptors (Lipinski definition) is 4. The summed E-state index contributed by atoms with van der Waals surface area (Å²) < 4.78 is 26.3. The average Bonchev–Trinajstić information content (AvgIpc) is 3.15. The number of aliphatic hydroxyl groups is 3. The maximum absolute atomic E-state index is 13.1. The van der Waals surface area contributed by atoms with Crippen molar-refractivity contribution in [2.45, 2.75) is 95.9 Å². The van der Waals surface area contributed by atoms with Crippen molar-refractivity contribution in [1.29, 1.82) is 0 Å². The summed E-state index contributed by atoms with van der Waals surface area (Å²) in [5.41, 5.74) is 1.56. The van der Waals surface area contributed by atoms with E-state index >= 15 is 0 Å². The molecule has 3 aliphatic carbocycles. The minimum Gasteiger partial charge on any atom is -0.388 e. The number of nitrogens with zero attached hydrogens (tertiary/aromatic N) is 1. The molecule has 1 aliphatic heterocycles. The van der Waals surface area contributed by atoms with Gasteiger partial charge in [0.15, 0.2) is 0 Å². The molecule has 0 amide bonds. The van der Waals surface area contributed by atoms with Gasteiger partial charge in [-0.25, -0.2) is 8.78 Å². The lowest BCUT2D eigenvalue weighted by atomic mass is 9.61. The Morgan fingerprint density at radius 2 is 1.74 bits per heavy atom. The Morgan fingerprint density at radius 1 is 1.09 bits per heavy atom. The molecule has 4 nitrogen and oxygen atoms in total. The molecule has 3 saturated carbocycles. The fourth-order valence-electron chi connectivity index (χ4n) is 7.52. The molecule has 4 rings (SSSR count). The minimum atomic E-state index is -2.66. The SMILES string of the molecule is C=C1[C@H](O)CC(=C/C=C2\CCC[C@]3(C)[C@@H](C(C)CN4CCC(O)(C(F)F)CC4)CC[C@@H]23)C[C@H]1O. The van der Waals surface area contributed by atoms with Crippen molar-refractivity contribution in [2.24, 2.45) is 23.2 Å². The van der Waals surface area contributed by atoms with Gasteiger partial charge in [0.1, 0.15) is 5.60 Å². The van der Waals surface area contributed by atoms with Crippen LogP contribution in [0, 0.1) is 23.2 Å². The summed E-state index contributed by atoms with van der Waals surface area (Å²) in [5, 5.41) is 30.4. The first-order chi connectivity index (χ1) is 16.0. The second kappa shape index (κ2) is 10.1. The number of likely N-dealkylation sites (tertiary alicyclic amines) is 1. The molecule has 0 aromatic heterocycles. The van der Waals surface area contributed by atoms with Crippen LogP contribution in [0.5, 0.6) is 0 Å². The van der Waals surface area contributed by atoms with Crippen LogP contribution in [0.2, 0.25) is 0 Å². The molecule has 1 unspecified atom stereocenters. The Bertz CT molecular complexity index is 800. The molecular formula is C28H43F2NO3. The number of aliphatic hydroxyl groups excluding tert-OH is 2. The molecule has 1 heterocycles. The van der Waals surface area contributed by atoms with E-state index in [0.29, 0.717) is 49.3 Å². The molecular weight excluding hydrogens is 436 g/mol. The standard InChI is InChI=1S/C28H43F2NO3/c1-18(17-31-13-11-28(34,12-14-31)26(29)30)22-8-9-23-21(5-4-10-27(22,23)3)7-6-20-15-24(32)19(2)25(33)16-20/h6-7,18,22-26,32-34H,2,4-5,8-17H2,1,3H3/b21-7+/t18?,22-,23+,24-,25-,27-/m1/s1. The molecule has 4 aliphatic rings. The average molecular weight is 480 g/mol. The largest absolute Gasteiger partial charge is 0.388 e. The molecule has 192 valence electrons. The first-order valence-electron chi connectivity index (χ1n) is 13.2. The number of hydrogen-bond donors (Lipinski definition) is 3. The summed E-state index contributed by atoms with van der Waals surface area (Å²) in [6.45, 7) is 10.6. The minimum absolute atomic E-state index is 0.153. The van der Waals surface area contributed by atoms with E-state index in [2.05, 4.69) is 37.5 Å². The highest BCUT2D eigenvalue weighted by atomic mass is 19.3. The topological polar surface area (TPSA) is 63.9 Å². The Kier molecular flexibility index (Phi) is 7.74. The van der Waals surface area contributed by atoms with E-state index in [0.717, 1.165) is 18.5 Å². The number of rotatable bonds is 5. The highest BCUT2D eigenvalue weighted by Crippen LogP contribution is 2.59. The fourth-order valence-corrected chi connectivity index (χ4v) is 7.52. The molecule has 0 aromatic rings. The first kappa shape index (κ1) is 26.0. The maximum Gasteiger partial charge on any atom is 0.266 e. The maximum atomic E-state index is 13.1. The quantitative estimate of drug-likeness (QED) is 0.493. The second-order valence-electron chi connectivity index (χ2n) is 11.9. The van der Waals surface area contributed by atoms with Crippen molar-refractivity contribution in [3.05, 3.63) is 35.5 Å². The lowest BCUT2D eigenvalue weighted by Crippen LogP contribution is -2.50. The van der Waals surface area contributed by atoms with Crippen LogP contribution >= 0.6 is 0 Å². The smallest absolute Gasteiger partial charge is 0.266 e. The molecule has 34 heavy (non-hydrogen) atoms. The molecule has 0 aromatic carbocycles. The van der Waals surface area contributed by atoms with Gasteiger partial charge in [0, 0.05) is 19.6 Å². The summed E-state index contributed by atoms with van der Waals surface area (Å²) in [7, 11) is 0. The Hall–Kier alpha value is -1.08. The summed E-state index contributed by atoms with van der Waals surface area (Å²) >= 11 is 0. The molecule has 0 spiro atoms. The van der Waals surface area contributed by atoms with Crippen molar-refractivity contribution >= 4 is 0 Å². The Morgan fingerprint density at radius 3 is 2.35 bits per heavy atom. The van der Waals surface area contributed by atoms with Crippen LogP contribution in [0.3, 0.4) is 0 Å². The van der Waals surface area contributed by atoms with Gasteiger partial charge < -0.3 is 20.2 Å². The van der Waals surface area contributed by atoms with E-state index in [1.165, 1.54) is 31.3 Å². The van der Waals surface area contributed by atoms with Gasteiger partial charge in [0.2, 0.25) is 0 Å². The van der Waals surface area contributed by atoms with Crippen LogP contribution in [0.4, 0.5) is 8.78 Å². The van der Waals surface area contributed by atoms with Gasteiger partial charge >= 0.3 is 0 Å². The molecule has 0 bridgehead atoms. The predicted octanol–water partition coefficient (Wildman–Crippen LogP) is 4.86. The van der Waals surface area contributed by atoms with Crippen LogP contribution in [-0.2, 0) is 0 Å². The van der Waals surface area contributed by atoms with Crippen molar-refractivity contribution in [2.75, 3.05) is 19.6 Å². The molecule has 3 N–H and O–H groups in total. The third kappa shape index (κ3) is 5.07. The molecule has 0 radical (unpaired) electrons. The van der Waals surface area contributed by atoms with E-state index in [9.17, 15) is 24.1 Å². The zero-order valence-electron chi connectivity index (χ0n) is 20.9. The Balaban J connectivity index is 1.40. The van der Waals surface area contributed by atoms with E-state index in [4.69, 9.17) is 0 Å². The number of allylic oxidation sites excluding steroid dienone is 3. The van der Waals surface area contributed by atoms with Crippen LogP contribution in [-0.4, -0.2) is 64.1 Å². The van der Waals surface area contributed by atoms with Gasteiger partial charge in [-0.1, -0.05) is 43.7 Å². The van der Waals surface area contributed by atoms with Crippen LogP contribution < -0.4 is 0 Å². The Labute approximate surface area is 203 Å². The zero-order chi connectivity index (χ0) is 24.7. The number of halogens is 2. The van der Waals surface area contributed by atoms with E-state index in [1.807, 2.05) is 0 Å². The zero-order valence-corrected chi connectivity index (χ0v) is 20.9. The predicted molar refractivity (Wildman–Crippen MR) is 131 cm³/mol. The normalized spacial score (nSPS) is 38.9. The monoisotopic (exact) mass is 479 g/mol. The van der Waals surface area contributed by atoms with Crippen molar-refractivity contribution in [3.63, 3.8) is 0 Å². The summed E-state index contributed by atoms with van der Waals surface area (Å²) in [5.74, 6) is 1.65. The number of fused-ring (bicyclic) bond motifs is 1.